The Balaban J connectivity index is 1.49. The third-order valence-electron chi connectivity index (χ3n) is 16.8. The van der Waals surface area contributed by atoms with E-state index in [1.54, 1.807) is 0 Å². The van der Waals surface area contributed by atoms with Crippen LogP contribution >= 0.6 is 0 Å². The van der Waals surface area contributed by atoms with Crippen LogP contribution in [0, 0.1) is 227 Å². The van der Waals surface area contributed by atoms with Gasteiger partial charge in [0, 0.05) is 72.2 Å². The fourth-order valence-corrected chi connectivity index (χ4v) is 12.1. The minimum Gasteiger partial charge on any atom is -0.354 e. The van der Waals surface area contributed by atoms with Crippen molar-refractivity contribution in [2.75, 3.05) is 0 Å². The number of hydrogen-bond acceptors (Lipinski definition) is 2. The summed E-state index contributed by atoms with van der Waals surface area (Å²) in [5, 5.41) is 0. The fraction of sp³-hybridized carbons (Fsp3) is 0. The summed E-state index contributed by atoms with van der Waals surface area (Å²) < 4.78 is 629. The molecule has 2 aliphatic heterocycles. The number of hydrogen-bond donors (Lipinski definition) is 2. The van der Waals surface area contributed by atoms with Crippen molar-refractivity contribution < 1.29 is 171 Å². The van der Waals surface area contributed by atoms with Crippen molar-refractivity contribution in [1.82, 2.24) is 19.9 Å². The van der Waals surface area contributed by atoms with Crippen LogP contribution in [0.1, 0.15) is 45.0 Å². The Morgan fingerprint density at radius 3 is 0.495 bits per heavy atom. The lowest BCUT2D eigenvalue weighted by atomic mass is 9.89. The third kappa shape index (κ3) is 10.8. The molecule has 0 atom stereocenters. The molecule has 2 aliphatic rings. The minimum absolute atomic E-state index is 0.652. The van der Waals surface area contributed by atoms with E-state index in [2.05, 4.69) is 9.97 Å². The predicted molar refractivity (Wildman–Crippen MR) is 297 cm³/mol. The molecule has 0 fully saturated rings. The zero-order valence-corrected chi connectivity index (χ0v) is 51.0. The smallest absolute Gasteiger partial charge is 0.200 e. The highest BCUT2D eigenvalue weighted by Crippen LogP contribution is 2.54. The van der Waals surface area contributed by atoms with Crippen LogP contribution in [-0.2, 0) is 0 Å². The molecule has 0 spiro atoms. The van der Waals surface area contributed by atoms with Gasteiger partial charge in [0.1, 0.15) is 0 Å². The summed E-state index contributed by atoms with van der Waals surface area (Å²) in [5.74, 6) is -133. The van der Waals surface area contributed by atoms with Crippen molar-refractivity contribution >= 4 is 44.4 Å². The van der Waals surface area contributed by atoms with Gasteiger partial charge in [0.25, 0.3) is 0 Å². The first kappa shape index (κ1) is 76.8. The number of aromatic amines is 2. The van der Waals surface area contributed by atoms with Crippen molar-refractivity contribution in [3.63, 3.8) is 0 Å². The van der Waals surface area contributed by atoms with Gasteiger partial charge in [-0.1, -0.05) is 0 Å². The lowest BCUT2D eigenvalue weighted by Crippen LogP contribution is -2.10. The number of nitrogens with one attached hydrogen (secondary N) is 2. The van der Waals surface area contributed by atoms with Crippen molar-refractivity contribution in [1.29, 1.82) is 0 Å². The van der Waals surface area contributed by atoms with Crippen LogP contribution in [0.4, 0.5) is 171 Å². The molecule has 11 aromatic rings. The summed E-state index contributed by atoms with van der Waals surface area (Å²) in [4.78, 5) is 9.85. The van der Waals surface area contributed by atoms with Gasteiger partial charge in [-0.05, 0) is 30.3 Å². The predicted octanol–water partition coefficient (Wildman–Crippen LogP) is 22.4. The summed E-state index contributed by atoms with van der Waals surface area (Å²) in [7, 11) is 0. The number of nitrogens with zero attached hydrogens (tertiary/aromatic N) is 2. The van der Waals surface area contributed by atoms with E-state index >= 15 is 171 Å². The highest BCUT2D eigenvalue weighted by atomic mass is 19.2. The lowest BCUT2D eigenvalue weighted by Gasteiger charge is -2.15. The molecule has 0 radical (unpaired) electrons. The Morgan fingerprint density at radius 2 is 0.297 bits per heavy atom. The molecule has 0 saturated carbocycles. The highest BCUT2D eigenvalue weighted by molar-refractivity contribution is 6.12. The van der Waals surface area contributed by atoms with Crippen LogP contribution in [0.2, 0.25) is 0 Å². The zero-order chi connectivity index (χ0) is 81.7. The summed E-state index contributed by atoms with van der Waals surface area (Å²) in [6.07, 6.45) is 0. The van der Waals surface area contributed by atoms with E-state index in [9.17, 15) is 0 Å². The number of fused-ring (bicyclic) bond motifs is 8. The van der Waals surface area contributed by atoms with Gasteiger partial charge in [0.15, 0.2) is 186 Å². The molecule has 111 heavy (non-hydrogen) atoms. The maximum Gasteiger partial charge on any atom is 0.200 e. The molecule has 8 bridgehead atoms. The normalized spacial score (nSPS) is 12.6. The van der Waals surface area contributed by atoms with Gasteiger partial charge in [0.2, 0.25) is 40.7 Å². The minimum atomic E-state index is -3.50. The number of rotatable bonds is 8. The SMILES string of the molecule is Fc1cc(C2=C(c3c(F)c(F)c(F)c(F)c3F)c3cc4[nH]c(cc5nc(cc6[nH]c(cc2n3)c(-c2c(F)c(F)c(F)c(F)c2F)c6-c2c(F)c(F)c(F)c(F)c2F)C(c2c(F)c(F)c(F)c(F)c2F)=C5c2c(F)c(F)c(F)c(F)c2F)c(-c2c(F)c(F)c(F)c(F)c2F)c4-c2c(F)c(F)c(F)c(F)c2F)c(F)c(F)c1F. The van der Waals surface area contributed by atoms with Gasteiger partial charge in [-0.15, -0.1) is 0 Å². The zero-order valence-electron chi connectivity index (χ0n) is 51.0. The first-order chi connectivity index (χ1) is 51.9. The second-order valence-electron chi connectivity index (χ2n) is 22.7. The largest absolute Gasteiger partial charge is 0.354 e. The van der Waals surface area contributed by atoms with Crippen LogP contribution < -0.4 is 0 Å². The summed E-state index contributed by atoms with van der Waals surface area (Å²) >= 11 is 0. The maximum atomic E-state index is 16.9. The second kappa shape index (κ2) is 26.5. The van der Waals surface area contributed by atoms with E-state index in [1.165, 1.54) is 9.97 Å². The number of H-pyrrole nitrogens is 2. The molecule has 0 saturated heterocycles. The van der Waals surface area contributed by atoms with Crippen LogP contribution in [-0.4, -0.2) is 19.9 Å². The van der Waals surface area contributed by atoms with Gasteiger partial charge < -0.3 is 9.97 Å². The molecule has 0 unspecified atom stereocenters. The van der Waals surface area contributed by atoms with Gasteiger partial charge >= 0.3 is 0 Å². The monoisotopic (exact) mass is 1620 g/mol. The first-order valence-electron chi connectivity index (χ1n) is 28.7. The third-order valence-corrected chi connectivity index (χ3v) is 16.8. The van der Waals surface area contributed by atoms with E-state index in [4.69, 9.17) is 0 Å². The molecule has 13 rings (SSSR count). The molecule has 0 aliphatic carbocycles. The van der Waals surface area contributed by atoms with Crippen molar-refractivity contribution in [3.05, 3.63) is 302 Å². The average molecular weight is 1620 g/mol. The maximum absolute atomic E-state index is 16.9. The Morgan fingerprint density at radius 1 is 0.144 bits per heavy atom. The van der Waals surface area contributed by atoms with Gasteiger partial charge in [-0.2, -0.15) is 0 Å². The van der Waals surface area contributed by atoms with Gasteiger partial charge in [-0.3, -0.25) is 0 Å². The van der Waals surface area contributed by atoms with Crippen LogP contribution in [0.5, 0.6) is 0 Å². The molecule has 2 N–H and O–H groups in total. The van der Waals surface area contributed by atoms with E-state index in [1.807, 2.05) is 0 Å². The number of aromatic nitrogens is 4. The molecule has 572 valence electrons. The average Bonchev–Trinajstić information content (AvgIpc) is 1.57. The lowest BCUT2D eigenvalue weighted by molar-refractivity contribution is 0.375. The molecule has 4 nitrogen and oxygen atoms in total. The Hall–Kier alpha value is -12.4. The summed E-state index contributed by atoms with van der Waals surface area (Å²) in [5.41, 5.74) is -64.5. The van der Waals surface area contributed by atoms with E-state index in [0.29, 0.717) is 0 Å². The standard InChI is InChI=1S/C68H7F39N4/c69-7-1-6(31(70)47(86)32(7)71)16-8-2-10-18(25-35(74)50(89)63(102)51(90)36(25)75)20(27-39(78)54(93)65(104)55(94)40(27)79)12(109-10)4-14-22(29-43(82)58(97)67(106)59(98)44(29)83)23(30-45(84)60(99)68(107)61(100)46(30)85)15(111-14)5-13-21(28-41(80)56(95)66(105)57(96)42(28)81)19(26-37(76)52(91)64(103)53(92)38(26)77)11(110-13)3-9(108-8)17(16)24-33(72)48(87)62(101)49(88)34(24)73/h1-5,109-110H. The van der Waals surface area contributed by atoms with E-state index in [0.717, 1.165) is 0 Å². The topological polar surface area (TPSA) is 57.4 Å². The molecular formula is C68H7F39N4. The number of benzene rings is 8. The molecule has 3 aromatic heterocycles. The highest BCUT2D eigenvalue weighted by Gasteiger charge is 2.44. The Labute approximate surface area is 581 Å². The Kier molecular flexibility index (Phi) is 18.3. The molecule has 5 heterocycles. The first-order valence-corrected chi connectivity index (χ1v) is 28.7. The quantitative estimate of drug-likeness (QED) is 0.0905. The van der Waals surface area contributed by atoms with E-state index in [-0.39, 0.29) is 0 Å². The van der Waals surface area contributed by atoms with Crippen molar-refractivity contribution in [2.45, 2.75) is 0 Å². The van der Waals surface area contributed by atoms with Gasteiger partial charge in [0.05, 0.1) is 61.7 Å². The molecule has 8 aromatic carbocycles. The molecule has 0 amide bonds. The van der Waals surface area contributed by atoms with Crippen LogP contribution in [0.3, 0.4) is 0 Å². The van der Waals surface area contributed by atoms with Gasteiger partial charge in [-0.25, -0.2) is 181 Å². The second-order valence-corrected chi connectivity index (χ2v) is 22.7. The Bertz CT molecular complexity index is 6240. The van der Waals surface area contributed by atoms with Crippen LogP contribution in [0.15, 0.2) is 30.3 Å². The molecular weight excluding hydrogens is 1610 g/mol. The fourth-order valence-electron chi connectivity index (χ4n) is 12.1. The number of halogens is 39. The van der Waals surface area contributed by atoms with Crippen LogP contribution in [0.25, 0.3) is 88.9 Å². The van der Waals surface area contributed by atoms with E-state index < -0.39 is 391 Å². The van der Waals surface area contributed by atoms with Crippen molar-refractivity contribution in [2.24, 2.45) is 0 Å². The summed E-state index contributed by atoms with van der Waals surface area (Å²) in [6, 6.07) is -3.66. The summed E-state index contributed by atoms with van der Waals surface area (Å²) in [6.45, 7) is 0. The van der Waals surface area contributed by atoms with Crippen molar-refractivity contribution in [3.8, 4) is 44.5 Å². The molecule has 43 heteroatoms.